The molecule has 96 valence electrons. The molecule has 2 heterocycles. The van der Waals surface area contributed by atoms with Gasteiger partial charge in [0.2, 0.25) is 0 Å². The van der Waals surface area contributed by atoms with Gasteiger partial charge in [-0.2, -0.15) is 5.10 Å². The van der Waals surface area contributed by atoms with Crippen molar-refractivity contribution < 1.29 is 4.74 Å². The van der Waals surface area contributed by atoms with Crippen molar-refractivity contribution in [2.75, 3.05) is 13.2 Å². The molecule has 0 radical (unpaired) electrons. The summed E-state index contributed by atoms with van der Waals surface area (Å²) in [5, 5.41) is 4.57. The molecule has 1 aliphatic rings. The molecule has 0 aliphatic carbocycles. The molecule has 17 heavy (non-hydrogen) atoms. The first-order valence-electron chi connectivity index (χ1n) is 6.66. The summed E-state index contributed by atoms with van der Waals surface area (Å²) in [4.78, 5) is 0. The Morgan fingerprint density at radius 2 is 2.18 bits per heavy atom. The van der Waals surface area contributed by atoms with Crippen LogP contribution in [0.5, 0.6) is 0 Å². The average molecular weight is 237 g/mol. The van der Waals surface area contributed by atoms with Crippen LogP contribution in [0.2, 0.25) is 0 Å². The molecule has 0 bridgehead atoms. The minimum Gasteiger partial charge on any atom is -0.381 e. The van der Waals surface area contributed by atoms with Crippen LogP contribution in [0.4, 0.5) is 0 Å². The second-order valence-electron chi connectivity index (χ2n) is 4.71. The normalized spacial score (nSPS) is 19.5. The van der Waals surface area contributed by atoms with Gasteiger partial charge in [0.1, 0.15) is 0 Å². The molecular formula is C13H23N3O. The number of hydrogen-bond acceptors (Lipinski definition) is 3. The molecule has 2 rings (SSSR count). The average Bonchev–Trinajstić information content (AvgIpc) is 2.82. The predicted molar refractivity (Wildman–Crippen MR) is 67.8 cm³/mol. The molecule has 0 amide bonds. The number of nitrogens with zero attached hydrogens (tertiary/aromatic N) is 2. The van der Waals surface area contributed by atoms with E-state index in [-0.39, 0.29) is 6.04 Å². The molecule has 1 aliphatic heterocycles. The van der Waals surface area contributed by atoms with Gasteiger partial charge in [0.15, 0.2) is 0 Å². The van der Waals surface area contributed by atoms with Crippen molar-refractivity contribution in [3.63, 3.8) is 0 Å². The fraction of sp³-hybridized carbons (Fsp3) is 0.769. The van der Waals surface area contributed by atoms with Crippen molar-refractivity contribution >= 4 is 0 Å². The van der Waals surface area contributed by atoms with E-state index < -0.39 is 0 Å². The first-order valence-corrected chi connectivity index (χ1v) is 6.66. The van der Waals surface area contributed by atoms with Crippen LogP contribution in [0.25, 0.3) is 0 Å². The molecule has 1 fully saturated rings. The van der Waals surface area contributed by atoms with Crippen molar-refractivity contribution in [2.45, 2.75) is 45.7 Å². The lowest BCUT2D eigenvalue weighted by molar-refractivity contribution is 0.0574. The minimum absolute atomic E-state index is 0.103. The van der Waals surface area contributed by atoms with Crippen molar-refractivity contribution in [1.82, 2.24) is 9.78 Å². The zero-order valence-electron chi connectivity index (χ0n) is 10.9. The zero-order chi connectivity index (χ0) is 12.3. The first-order chi connectivity index (χ1) is 8.26. The largest absolute Gasteiger partial charge is 0.381 e. The van der Waals surface area contributed by atoms with Gasteiger partial charge in [0.05, 0.1) is 11.4 Å². The van der Waals surface area contributed by atoms with E-state index in [2.05, 4.69) is 29.7 Å². The maximum absolute atomic E-state index is 6.40. The monoisotopic (exact) mass is 237 g/mol. The van der Waals surface area contributed by atoms with Crippen LogP contribution in [0.15, 0.2) is 6.07 Å². The van der Waals surface area contributed by atoms with Crippen molar-refractivity contribution in [1.29, 1.82) is 0 Å². The molecule has 4 nitrogen and oxygen atoms in total. The Bertz CT molecular complexity index is 356. The Labute approximate surface area is 103 Å². The van der Waals surface area contributed by atoms with Crippen LogP contribution in [0, 0.1) is 5.92 Å². The lowest BCUT2D eigenvalue weighted by atomic mass is 9.90. The van der Waals surface area contributed by atoms with Gasteiger partial charge < -0.3 is 10.5 Å². The van der Waals surface area contributed by atoms with Crippen molar-refractivity contribution in [3.8, 4) is 0 Å². The van der Waals surface area contributed by atoms with E-state index in [1.165, 1.54) is 5.69 Å². The highest BCUT2D eigenvalue weighted by Gasteiger charge is 2.25. The number of hydrogen-bond donors (Lipinski definition) is 1. The van der Waals surface area contributed by atoms with Gasteiger partial charge in [-0.05, 0) is 38.2 Å². The van der Waals surface area contributed by atoms with E-state index in [1.807, 2.05) is 0 Å². The topological polar surface area (TPSA) is 53.1 Å². The number of aryl methyl sites for hydroxylation is 2. The molecule has 4 heteroatoms. The fourth-order valence-corrected chi connectivity index (χ4v) is 2.50. The van der Waals surface area contributed by atoms with Gasteiger partial charge >= 0.3 is 0 Å². The van der Waals surface area contributed by atoms with Crippen LogP contribution in [0.3, 0.4) is 0 Å². The summed E-state index contributed by atoms with van der Waals surface area (Å²) in [6.45, 7) is 6.84. The third-order valence-corrected chi connectivity index (χ3v) is 3.64. The number of aromatic nitrogens is 2. The maximum atomic E-state index is 6.40. The summed E-state index contributed by atoms with van der Waals surface area (Å²) in [5.41, 5.74) is 8.73. The standard InChI is InChI=1S/C13H23N3O/c1-3-11-9-12(16(4-2)15-11)13(14)10-5-7-17-8-6-10/h9-10,13H,3-8,14H2,1-2H3. The van der Waals surface area contributed by atoms with Crippen LogP contribution < -0.4 is 5.73 Å². The molecule has 1 aromatic heterocycles. The third kappa shape index (κ3) is 2.69. The summed E-state index contributed by atoms with van der Waals surface area (Å²) >= 11 is 0. The highest BCUT2D eigenvalue weighted by Crippen LogP contribution is 2.28. The highest BCUT2D eigenvalue weighted by atomic mass is 16.5. The van der Waals surface area contributed by atoms with Gasteiger partial charge in [0, 0.05) is 25.8 Å². The quantitative estimate of drug-likeness (QED) is 0.870. The minimum atomic E-state index is 0.103. The molecule has 1 atom stereocenters. The summed E-state index contributed by atoms with van der Waals surface area (Å²) in [5.74, 6) is 0.537. The maximum Gasteiger partial charge on any atom is 0.0625 e. The Kier molecular flexibility index (Phi) is 4.18. The molecule has 1 aromatic rings. The van der Waals surface area contributed by atoms with Crippen LogP contribution >= 0.6 is 0 Å². The molecule has 0 spiro atoms. The number of ether oxygens (including phenoxy) is 1. The van der Waals surface area contributed by atoms with E-state index >= 15 is 0 Å². The molecule has 0 aromatic carbocycles. The Hall–Kier alpha value is -0.870. The lowest BCUT2D eigenvalue weighted by Crippen LogP contribution is -2.29. The molecule has 1 saturated heterocycles. The second-order valence-corrected chi connectivity index (χ2v) is 4.71. The van der Waals surface area contributed by atoms with E-state index in [1.54, 1.807) is 0 Å². The van der Waals surface area contributed by atoms with Gasteiger partial charge in [-0.1, -0.05) is 6.92 Å². The van der Waals surface area contributed by atoms with Gasteiger partial charge in [0.25, 0.3) is 0 Å². The SMILES string of the molecule is CCc1cc(C(N)C2CCOCC2)n(CC)n1. The van der Waals surface area contributed by atoms with E-state index in [0.717, 1.165) is 44.7 Å². The number of nitrogens with two attached hydrogens (primary N) is 1. The van der Waals surface area contributed by atoms with Crippen molar-refractivity contribution in [3.05, 3.63) is 17.5 Å². The summed E-state index contributed by atoms with van der Waals surface area (Å²) in [7, 11) is 0. The van der Waals surface area contributed by atoms with Crippen LogP contribution in [-0.2, 0) is 17.7 Å². The summed E-state index contributed by atoms with van der Waals surface area (Å²) in [6.07, 6.45) is 3.11. The van der Waals surface area contributed by atoms with Gasteiger partial charge in [-0.3, -0.25) is 4.68 Å². The van der Waals surface area contributed by atoms with Gasteiger partial charge in [-0.15, -0.1) is 0 Å². The molecule has 1 unspecified atom stereocenters. The molecular weight excluding hydrogens is 214 g/mol. The Balaban J connectivity index is 2.16. The summed E-state index contributed by atoms with van der Waals surface area (Å²) < 4.78 is 7.45. The predicted octanol–water partition coefficient (Wildman–Crippen LogP) is 1.89. The number of rotatable bonds is 4. The van der Waals surface area contributed by atoms with Gasteiger partial charge in [-0.25, -0.2) is 0 Å². The fourth-order valence-electron chi connectivity index (χ4n) is 2.50. The first kappa shape index (κ1) is 12.6. The zero-order valence-corrected chi connectivity index (χ0v) is 10.9. The summed E-state index contributed by atoms with van der Waals surface area (Å²) in [6, 6.07) is 2.27. The van der Waals surface area contributed by atoms with E-state index in [0.29, 0.717) is 5.92 Å². The Morgan fingerprint density at radius 1 is 1.47 bits per heavy atom. The smallest absolute Gasteiger partial charge is 0.0625 e. The molecule has 2 N–H and O–H groups in total. The molecule has 0 saturated carbocycles. The van der Waals surface area contributed by atoms with Crippen LogP contribution in [0.1, 0.15) is 44.1 Å². The third-order valence-electron chi connectivity index (χ3n) is 3.64. The lowest BCUT2D eigenvalue weighted by Gasteiger charge is -2.27. The van der Waals surface area contributed by atoms with E-state index in [9.17, 15) is 0 Å². The second kappa shape index (κ2) is 5.65. The van der Waals surface area contributed by atoms with Crippen LogP contribution in [-0.4, -0.2) is 23.0 Å². The highest BCUT2D eigenvalue weighted by molar-refractivity contribution is 5.15. The van der Waals surface area contributed by atoms with Crippen molar-refractivity contribution in [2.24, 2.45) is 11.7 Å². The van der Waals surface area contributed by atoms with E-state index in [4.69, 9.17) is 10.5 Å². The Morgan fingerprint density at radius 3 is 2.76 bits per heavy atom.